The van der Waals surface area contributed by atoms with E-state index in [2.05, 4.69) is 38.2 Å². The maximum absolute atomic E-state index is 12.8. The lowest BCUT2D eigenvalue weighted by molar-refractivity contribution is -0.220. The number of aliphatic hydroxyl groups excluding tert-OH is 5. The smallest absolute Gasteiger partial charge is 0.462 e. The van der Waals surface area contributed by atoms with Gasteiger partial charge in [0.2, 0.25) is 0 Å². The second-order valence-electron chi connectivity index (χ2n) is 17.0. The van der Waals surface area contributed by atoms with E-state index in [1.54, 1.807) is 0 Å². The van der Waals surface area contributed by atoms with Gasteiger partial charge in [-0.2, -0.15) is 0 Å². The Balaban J connectivity index is 2.44. The quantitative estimate of drug-likeness (QED) is 0.0147. The number of unbranched alkanes of at least 4 members (excludes halogenated alkanes) is 24. The fraction of sp³-hybridized carbons (Fsp3) is 0.872. The molecule has 0 bridgehead atoms. The molecule has 1 rings (SSSR count). The SMILES string of the molecule is CCCCCCCC/C=C\CCCCCCCCCC(=O)O[C@H](COC(=O)CCCCCCC/C=C\CCCCCCCC)COP(=O)(O)OC1C(O)C(O)C(O)[C@@H](O)C1O. The third-order valence-corrected chi connectivity index (χ3v) is 12.3. The van der Waals surface area contributed by atoms with Crippen LogP contribution in [0.4, 0.5) is 0 Å². The number of carbonyl (C=O) groups is 2. The summed E-state index contributed by atoms with van der Waals surface area (Å²) in [7, 11) is -5.12. The number of phosphoric ester groups is 1. The third kappa shape index (κ3) is 30.2. The molecule has 0 amide bonds. The average molecular weight is 891 g/mol. The Morgan fingerprint density at radius 1 is 0.492 bits per heavy atom. The van der Waals surface area contributed by atoms with Gasteiger partial charge in [0, 0.05) is 12.8 Å². The van der Waals surface area contributed by atoms with Crippen molar-refractivity contribution in [3.63, 3.8) is 0 Å². The van der Waals surface area contributed by atoms with Gasteiger partial charge in [0.15, 0.2) is 6.10 Å². The summed E-state index contributed by atoms with van der Waals surface area (Å²) in [6.45, 7) is 3.29. The second kappa shape index (κ2) is 37.7. The van der Waals surface area contributed by atoms with Gasteiger partial charge in [-0.15, -0.1) is 0 Å². The number of aliphatic hydroxyl groups is 5. The van der Waals surface area contributed by atoms with Crippen molar-refractivity contribution in [3.05, 3.63) is 24.3 Å². The first-order valence-electron chi connectivity index (χ1n) is 24.1. The number of phosphoric acid groups is 1. The molecule has 358 valence electrons. The molecule has 0 aromatic rings. The van der Waals surface area contributed by atoms with Crippen LogP contribution in [-0.2, 0) is 32.7 Å². The molecule has 1 aliphatic rings. The van der Waals surface area contributed by atoms with Crippen molar-refractivity contribution in [1.29, 1.82) is 0 Å². The van der Waals surface area contributed by atoms with Gasteiger partial charge in [0.25, 0.3) is 0 Å². The predicted molar refractivity (Wildman–Crippen MR) is 240 cm³/mol. The van der Waals surface area contributed by atoms with Crippen molar-refractivity contribution in [2.45, 2.75) is 249 Å². The van der Waals surface area contributed by atoms with E-state index in [4.69, 9.17) is 18.5 Å². The van der Waals surface area contributed by atoms with E-state index < -0.39 is 75.7 Å². The van der Waals surface area contributed by atoms with E-state index in [1.165, 1.54) is 96.3 Å². The molecule has 61 heavy (non-hydrogen) atoms. The summed E-state index contributed by atoms with van der Waals surface area (Å²) in [6.07, 6.45) is 28.0. The third-order valence-electron chi connectivity index (χ3n) is 11.3. The van der Waals surface area contributed by atoms with E-state index in [1.807, 2.05) is 0 Å². The van der Waals surface area contributed by atoms with E-state index in [0.717, 1.165) is 70.6 Å². The molecule has 14 heteroatoms. The van der Waals surface area contributed by atoms with Crippen LogP contribution >= 0.6 is 7.82 Å². The Hall–Kier alpha value is -1.67. The van der Waals surface area contributed by atoms with Crippen LogP contribution in [0.3, 0.4) is 0 Å². The Labute approximate surface area is 368 Å². The van der Waals surface area contributed by atoms with Crippen molar-refractivity contribution in [3.8, 4) is 0 Å². The molecule has 6 N–H and O–H groups in total. The summed E-state index contributed by atoms with van der Waals surface area (Å²) in [5, 5.41) is 50.2. The molecule has 0 heterocycles. The van der Waals surface area contributed by atoms with Gasteiger partial charge in [-0.3, -0.25) is 18.6 Å². The fourth-order valence-electron chi connectivity index (χ4n) is 7.34. The standard InChI is InChI=1S/C47H87O13P/c1-3-5-7-9-11-13-15-17-19-20-22-24-26-28-30-32-34-36-41(49)59-39(38-58-61(55,56)60-47-45(53)43(51)42(50)44(52)46(47)54)37-57-40(48)35-33-31-29-27-25-23-21-18-16-14-12-10-8-6-4-2/h17-19,21,39,42-47,50-54H,3-16,20,22-38H2,1-2H3,(H,55,56)/b19-17-,21-18-/t39-,42?,43-,44?,45?,46?,47?/m1/s1. The largest absolute Gasteiger partial charge is 0.472 e. The summed E-state index contributed by atoms with van der Waals surface area (Å²) in [5.41, 5.74) is 0. The van der Waals surface area contributed by atoms with Crippen molar-refractivity contribution in [2.24, 2.45) is 0 Å². The Morgan fingerprint density at radius 3 is 1.25 bits per heavy atom. The number of allylic oxidation sites excluding steroid dienone is 4. The van der Waals surface area contributed by atoms with Crippen molar-refractivity contribution in [2.75, 3.05) is 13.2 Å². The zero-order valence-corrected chi connectivity index (χ0v) is 38.9. The van der Waals surface area contributed by atoms with Crippen molar-refractivity contribution >= 4 is 19.8 Å². The lowest BCUT2D eigenvalue weighted by atomic mass is 9.85. The normalized spacial score (nSPS) is 22.2. The fourth-order valence-corrected chi connectivity index (χ4v) is 8.31. The average Bonchev–Trinajstić information content (AvgIpc) is 3.24. The Kier molecular flexibility index (Phi) is 35.4. The van der Waals surface area contributed by atoms with Crippen LogP contribution < -0.4 is 0 Å². The number of hydrogen-bond acceptors (Lipinski definition) is 12. The summed E-state index contributed by atoms with van der Waals surface area (Å²) < 4.78 is 33.6. The number of ether oxygens (including phenoxy) is 2. The minimum atomic E-state index is -5.12. The van der Waals surface area contributed by atoms with Crippen molar-refractivity contribution < 1.29 is 63.1 Å². The summed E-state index contributed by atoms with van der Waals surface area (Å²) in [6, 6.07) is 0. The molecule has 1 aliphatic carbocycles. The van der Waals surface area contributed by atoms with Crippen LogP contribution in [0.5, 0.6) is 0 Å². The van der Waals surface area contributed by atoms with Crippen LogP contribution in [0, 0.1) is 0 Å². The molecule has 0 aromatic heterocycles. The van der Waals surface area contributed by atoms with Gasteiger partial charge in [-0.25, -0.2) is 4.57 Å². The van der Waals surface area contributed by atoms with Crippen LogP contribution in [0.1, 0.15) is 206 Å². The molecular weight excluding hydrogens is 803 g/mol. The molecule has 0 spiro atoms. The first-order valence-corrected chi connectivity index (χ1v) is 25.6. The molecule has 1 fully saturated rings. The van der Waals surface area contributed by atoms with Gasteiger partial charge in [-0.05, 0) is 64.2 Å². The van der Waals surface area contributed by atoms with Crippen LogP contribution in [0.25, 0.3) is 0 Å². The second-order valence-corrected chi connectivity index (χ2v) is 18.4. The minimum Gasteiger partial charge on any atom is -0.462 e. The molecule has 6 unspecified atom stereocenters. The number of carbonyl (C=O) groups excluding carboxylic acids is 2. The van der Waals surface area contributed by atoms with Crippen LogP contribution in [0.2, 0.25) is 0 Å². The van der Waals surface area contributed by atoms with Crippen LogP contribution in [0.15, 0.2) is 24.3 Å². The van der Waals surface area contributed by atoms with E-state index in [0.29, 0.717) is 12.8 Å². The molecule has 0 aromatic carbocycles. The van der Waals surface area contributed by atoms with Gasteiger partial charge in [-0.1, -0.05) is 154 Å². The first-order chi connectivity index (χ1) is 29.4. The van der Waals surface area contributed by atoms with Crippen molar-refractivity contribution in [1.82, 2.24) is 0 Å². The highest BCUT2D eigenvalue weighted by Gasteiger charge is 2.51. The molecule has 13 nitrogen and oxygen atoms in total. The highest BCUT2D eigenvalue weighted by Crippen LogP contribution is 2.47. The number of rotatable bonds is 40. The number of esters is 2. The Morgan fingerprint density at radius 2 is 0.836 bits per heavy atom. The summed E-state index contributed by atoms with van der Waals surface area (Å²) in [4.78, 5) is 35.7. The topological polar surface area (TPSA) is 210 Å². The Bertz CT molecular complexity index is 1170. The molecule has 1 saturated carbocycles. The van der Waals surface area contributed by atoms with Gasteiger partial charge < -0.3 is 39.9 Å². The zero-order chi connectivity index (χ0) is 45.0. The van der Waals surface area contributed by atoms with Crippen LogP contribution in [-0.4, -0.2) is 98.3 Å². The van der Waals surface area contributed by atoms with E-state index in [-0.39, 0.29) is 12.8 Å². The molecule has 8 atom stereocenters. The number of hydrogen-bond donors (Lipinski definition) is 6. The molecular formula is C47H87O13P. The lowest BCUT2D eigenvalue weighted by Crippen LogP contribution is -2.64. The highest BCUT2D eigenvalue weighted by molar-refractivity contribution is 7.47. The minimum absolute atomic E-state index is 0.0919. The van der Waals surface area contributed by atoms with Gasteiger partial charge >= 0.3 is 19.8 Å². The van der Waals surface area contributed by atoms with Gasteiger partial charge in [0.05, 0.1) is 6.61 Å². The maximum atomic E-state index is 12.8. The summed E-state index contributed by atoms with van der Waals surface area (Å²) in [5.74, 6) is -1.11. The van der Waals surface area contributed by atoms with E-state index >= 15 is 0 Å². The molecule has 0 radical (unpaired) electrons. The van der Waals surface area contributed by atoms with Gasteiger partial charge in [0.1, 0.15) is 43.2 Å². The maximum Gasteiger partial charge on any atom is 0.472 e. The first kappa shape index (κ1) is 57.3. The summed E-state index contributed by atoms with van der Waals surface area (Å²) >= 11 is 0. The van der Waals surface area contributed by atoms with E-state index in [9.17, 15) is 44.6 Å². The monoisotopic (exact) mass is 891 g/mol. The lowest BCUT2D eigenvalue weighted by Gasteiger charge is -2.41. The predicted octanol–water partition coefficient (Wildman–Crippen LogP) is 9.62. The zero-order valence-electron chi connectivity index (χ0n) is 38.0. The molecule has 0 aliphatic heterocycles. The molecule has 0 saturated heterocycles. The highest BCUT2D eigenvalue weighted by atomic mass is 31.2.